The molecule has 0 fully saturated rings. The molecule has 0 bridgehead atoms. The normalized spacial score (nSPS) is 20.2. The van der Waals surface area contributed by atoms with Crippen molar-refractivity contribution in [3.05, 3.63) is 38.5 Å². The molecule has 0 spiro atoms. The van der Waals surface area contributed by atoms with E-state index in [1.54, 1.807) is 21.8 Å². The maximum Gasteiger partial charge on any atom is 0.0940 e. The Kier molecular flexibility index (Phi) is 4.31. The predicted octanol–water partition coefficient (Wildman–Crippen LogP) is 3.85. The van der Waals surface area contributed by atoms with Crippen LogP contribution in [0.3, 0.4) is 0 Å². The van der Waals surface area contributed by atoms with Gasteiger partial charge in [-0.25, -0.2) is 4.98 Å². The standard InChI is InChI=1S/C15H20N2S2/c1-2-16-13(10-15-17-7-9-19-15)11-4-3-5-14-12(11)6-8-18-14/h6-9,11,13,16H,2-5,10H2,1H3. The molecule has 4 heteroatoms. The molecule has 1 N–H and O–H groups in total. The fourth-order valence-electron chi connectivity index (χ4n) is 3.10. The van der Waals surface area contributed by atoms with Crippen LogP contribution in [-0.2, 0) is 12.8 Å². The summed E-state index contributed by atoms with van der Waals surface area (Å²) in [7, 11) is 0. The lowest BCUT2D eigenvalue weighted by atomic mass is 9.81. The molecule has 0 radical (unpaired) electrons. The molecule has 2 nitrogen and oxygen atoms in total. The van der Waals surface area contributed by atoms with E-state index in [-0.39, 0.29) is 0 Å². The Morgan fingerprint density at radius 3 is 3.16 bits per heavy atom. The third kappa shape index (κ3) is 2.91. The lowest BCUT2D eigenvalue weighted by molar-refractivity contribution is 0.398. The number of nitrogens with one attached hydrogen (secondary N) is 1. The molecule has 0 aromatic carbocycles. The van der Waals surface area contributed by atoms with Gasteiger partial charge in [-0.15, -0.1) is 22.7 Å². The van der Waals surface area contributed by atoms with Gasteiger partial charge in [0.2, 0.25) is 0 Å². The van der Waals surface area contributed by atoms with E-state index >= 15 is 0 Å². The average molecular weight is 292 g/mol. The summed E-state index contributed by atoms with van der Waals surface area (Å²) in [5.41, 5.74) is 1.60. The summed E-state index contributed by atoms with van der Waals surface area (Å²) in [6, 6.07) is 2.88. The zero-order valence-corrected chi connectivity index (χ0v) is 12.9. The number of hydrogen-bond acceptors (Lipinski definition) is 4. The highest BCUT2D eigenvalue weighted by Gasteiger charge is 2.28. The van der Waals surface area contributed by atoms with Crippen LogP contribution in [0.5, 0.6) is 0 Å². The first-order valence-electron chi connectivity index (χ1n) is 7.06. The second-order valence-electron chi connectivity index (χ2n) is 5.09. The van der Waals surface area contributed by atoms with E-state index < -0.39 is 0 Å². The highest BCUT2D eigenvalue weighted by molar-refractivity contribution is 7.10. The summed E-state index contributed by atoms with van der Waals surface area (Å²) < 4.78 is 0. The molecule has 2 heterocycles. The highest BCUT2D eigenvalue weighted by atomic mass is 32.1. The van der Waals surface area contributed by atoms with Crippen molar-refractivity contribution in [2.45, 2.75) is 44.6 Å². The topological polar surface area (TPSA) is 24.9 Å². The minimum Gasteiger partial charge on any atom is -0.313 e. The molecule has 1 aliphatic rings. The summed E-state index contributed by atoms with van der Waals surface area (Å²) in [5.74, 6) is 0.666. The second-order valence-corrected chi connectivity index (χ2v) is 7.07. The lowest BCUT2D eigenvalue weighted by Crippen LogP contribution is -2.37. The van der Waals surface area contributed by atoms with Crippen molar-refractivity contribution in [2.24, 2.45) is 0 Å². The van der Waals surface area contributed by atoms with Crippen LogP contribution < -0.4 is 5.32 Å². The van der Waals surface area contributed by atoms with Crippen molar-refractivity contribution in [1.82, 2.24) is 10.3 Å². The summed E-state index contributed by atoms with van der Waals surface area (Å²) >= 11 is 3.71. The second kappa shape index (κ2) is 6.16. The van der Waals surface area contributed by atoms with Crippen molar-refractivity contribution in [2.75, 3.05) is 6.54 Å². The molecule has 2 aromatic heterocycles. The van der Waals surface area contributed by atoms with E-state index in [1.165, 1.54) is 24.3 Å². The van der Waals surface area contributed by atoms with E-state index in [2.05, 4.69) is 34.1 Å². The van der Waals surface area contributed by atoms with Crippen LogP contribution in [0.2, 0.25) is 0 Å². The summed E-state index contributed by atoms with van der Waals surface area (Å²) in [5, 5.41) is 9.29. The van der Waals surface area contributed by atoms with Crippen molar-refractivity contribution in [3.8, 4) is 0 Å². The first-order valence-corrected chi connectivity index (χ1v) is 8.82. The van der Waals surface area contributed by atoms with Crippen LogP contribution in [-0.4, -0.2) is 17.6 Å². The fourth-order valence-corrected chi connectivity index (χ4v) is 4.77. The van der Waals surface area contributed by atoms with Gasteiger partial charge in [0.25, 0.3) is 0 Å². The molecule has 102 valence electrons. The van der Waals surface area contributed by atoms with Crippen LogP contribution in [0.15, 0.2) is 23.0 Å². The van der Waals surface area contributed by atoms with Crippen molar-refractivity contribution < 1.29 is 0 Å². The van der Waals surface area contributed by atoms with Crippen molar-refractivity contribution >= 4 is 22.7 Å². The first kappa shape index (κ1) is 13.3. The maximum absolute atomic E-state index is 4.46. The molecule has 0 amide bonds. The third-order valence-corrected chi connectivity index (χ3v) is 5.73. The molecular weight excluding hydrogens is 272 g/mol. The Hall–Kier alpha value is -0.710. The van der Waals surface area contributed by atoms with Crippen LogP contribution >= 0.6 is 22.7 Å². The van der Waals surface area contributed by atoms with Crippen molar-refractivity contribution in [1.29, 1.82) is 0 Å². The first-order chi connectivity index (χ1) is 9.38. The minimum absolute atomic E-state index is 0.532. The summed E-state index contributed by atoms with van der Waals surface area (Å²) in [4.78, 5) is 6.07. The maximum atomic E-state index is 4.46. The number of thiazole rings is 1. The van der Waals surface area contributed by atoms with Gasteiger partial charge >= 0.3 is 0 Å². The molecule has 3 rings (SSSR count). The number of likely N-dealkylation sites (N-methyl/N-ethyl adjacent to an activating group) is 1. The smallest absolute Gasteiger partial charge is 0.0940 e. The number of rotatable bonds is 5. The van der Waals surface area contributed by atoms with Crippen molar-refractivity contribution in [3.63, 3.8) is 0 Å². The monoisotopic (exact) mass is 292 g/mol. The van der Waals surface area contributed by atoms with Crippen LogP contribution in [0, 0.1) is 0 Å². The van der Waals surface area contributed by atoms with Gasteiger partial charge in [0.05, 0.1) is 5.01 Å². The lowest BCUT2D eigenvalue weighted by Gasteiger charge is -2.31. The van der Waals surface area contributed by atoms with Gasteiger partial charge in [-0.1, -0.05) is 6.92 Å². The van der Waals surface area contributed by atoms with E-state index in [9.17, 15) is 0 Å². The molecule has 2 aromatic rings. The number of thiophene rings is 1. The molecule has 0 saturated heterocycles. The predicted molar refractivity (Wildman–Crippen MR) is 83.3 cm³/mol. The highest BCUT2D eigenvalue weighted by Crippen LogP contribution is 2.37. The third-order valence-electron chi connectivity index (χ3n) is 3.93. The number of nitrogens with zero attached hydrogens (tertiary/aromatic N) is 1. The molecular formula is C15H20N2S2. The van der Waals surface area contributed by atoms with E-state index in [1.807, 2.05) is 17.5 Å². The molecule has 0 aliphatic heterocycles. The van der Waals surface area contributed by atoms with Gasteiger partial charge in [0.1, 0.15) is 0 Å². The SMILES string of the molecule is CCNC(Cc1nccs1)C1CCCc2sccc21. The van der Waals surface area contributed by atoms with Gasteiger partial charge in [-0.3, -0.25) is 0 Å². The summed E-state index contributed by atoms with van der Waals surface area (Å²) in [6.07, 6.45) is 6.90. The van der Waals surface area contributed by atoms with Crippen LogP contribution in [0.25, 0.3) is 0 Å². The van der Waals surface area contributed by atoms with Crippen LogP contribution in [0.1, 0.15) is 41.1 Å². The van der Waals surface area contributed by atoms with Gasteiger partial charge in [0.15, 0.2) is 0 Å². The van der Waals surface area contributed by atoms with Gasteiger partial charge < -0.3 is 5.32 Å². The molecule has 1 aliphatic carbocycles. The minimum atomic E-state index is 0.532. The Labute approximate surface area is 122 Å². The zero-order chi connectivity index (χ0) is 13.1. The zero-order valence-electron chi connectivity index (χ0n) is 11.3. The number of aryl methyl sites for hydroxylation is 1. The molecule has 2 unspecified atom stereocenters. The van der Waals surface area contributed by atoms with E-state index in [4.69, 9.17) is 0 Å². The van der Waals surface area contributed by atoms with E-state index in [0.717, 1.165) is 13.0 Å². The fraction of sp³-hybridized carbons (Fsp3) is 0.533. The molecule has 2 atom stereocenters. The van der Waals surface area contributed by atoms with Crippen LogP contribution in [0.4, 0.5) is 0 Å². The van der Waals surface area contributed by atoms with Gasteiger partial charge in [-0.05, 0) is 42.8 Å². The number of aromatic nitrogens is 1. The Balaban J connectivity index is 1.81. The molecule has 0 saturated carbocycles. The largest absolute Gasteiger partial charge is 0.313 e. The quantitative estimate of drug-likeness (QED) is 0.905. The Morgan fingerprint density at radius 1 is 1.42 bits per heavy atom. The van der Waals surface area contributed by atoms with Gasteiger partial charge in [0, 0.05) is 34.8 Å². The number of hydrogen-bond donors (Lipinski definition) is 1. The number of fused-ring (bicyclic) bond motifs is 1. The van der Waals surface area contributed by atoms with E-state index in [0.29, 0.717) is 12.0 Å². The average Bonchev–Trinajstić information content (AvgIpc) is 3.08. The summed E-state index contributed by atoms with van der Waals surface area (Å²) in [6.45, 7) is 3.23. The Morgan fingerprint density at radius 2 is 2.37 bits per heavy atom. The molecule has 19 heavy (non-hydrogen) atoms. The Bertz CT molecular complexity index is 504. The van der Waals surface area contributed by atoms with Gasteiger partial charge in [-0.2, -0.15) is 0 Å².